The molecule has 0 unspecified atom stereocenters. The van der Waals surface area contributed by atoms with Gasteiger partial charge in [0.25, 0.3) is 0 Å². The van der Waals surface area contributed by atoms with Crippen LogP contribution in [-0.2, 0) is 18.3 Å². The largest absolute Gasteiger partial charge is 0.481 e. The lowest BCUT2D eigenvalue weighted by atomic mass is 9.84. The number of carbonyl (C=O) groups is 1. The summed E-state index contributed by atoms with van der Waals surface area (Å²) in [4.78, 5) is 13.2. The van der Waals surface area contributed by atoms with Gasteiger partial charge >= 0.3 is 5.97 Å². The predicted octanol–water partition coefficient (Wildman–Crippen LogP) is 3.28. The summed E-state index contributed by atoms with van der Waals surface area (Å²) in [5.74, 6) is 1.42. The lowest BCUT2D eigenvalue weighted by Crippen LogP contribution is -2.39. The minimum Gasteiger partial charge on any atom is -0.481 e. The molecule has 1 aromatic carbocycles. The van der Waals surface area contributed by atoms with E-state index in [0.717, 1.165) is 6.42 Å². The Hall–Kier alpha value is -1.97. The summed E-state index contributed by atoms with van der Waals surface area (Å²) in [7, 11) is 2.17. The zero-order valence-corrected chi connectivity index (χ0v) is 13.0. The van der Waals surface area contributed by atoms with Crippen LogP contribution in [0.4, 0.5) is 5.82 Å². The molecular weight excluding hydrogens is 276 g/mol. The van der Waals surface area contributed by atoms with Crippen molar-refractivity contribution in [2.24, 2.45) is 7.05 Å². The number of aromatic nitrogens is 1. The fourth-order valence-electron chi connectivity index (χ4n) is 4.27. The van der Waals surface area contributed by atoms with E-state index in [4.69, 9.17) is 5.11 Å². The van der Waals surface area contributed by atoms with E-state index in [1.807, 2.05) is 0 Å². The number of carboxylic acids is 1. The van der Waals surface area contributed by atoms with Crippen molar-refractivity contribution in [3.63, 3.8) is 0 Å². The quantitative estimate of drug-likeness (QED) is 0.942. The number of fused-ring (bicyclic) bond motifs is 3. The summed E-state index contributed by atoms with van der Waals surface area (Å²) in [6, 6.07) is 6.68. The van der Waals surface area contributed by atoms with Crippen molar-refractivity contribution >= 4 is 22.7 Å². The highest BCUT2D eigenvalue weighted by molar-refractivity contribution is 5.92. The van der Waals surface area contributed by atoms with Crippen molar-refractivity contribution in [3.8, 4) is 0 Å². The van der Waals surface area contributed by atoms with Gasteiger partial charge in [-0.15, -0.1) is 0 Å². The van der Waals surface area contributed by atoms with E-state index in [1.54, 1.807) is 0 Å². The fourth-order valence-corrected chi connectivity index (χ4v) is 4.27. The summed E-state index contributed by atoms with van der Waals surface area (Å²) in [6.45, 7) is 2.38. The highest BCUT2D eigenvalue weighted by atomic mass is 16.4. The van der Waals surface area contributed by atoms with Gasteiger partial charge in [0.05, 0.1) is 0 Å². The van der Waals surface area contributed by atoms with Gasteiger partial charge in [0, 0.05) is 43.0 Å². The number of aryl methyl sites for hydroxylation is 2. The lowest BCUT2D eigenvalue weighted by molar-refractivity contribution is -0.137. The van der Waals surface area contributed by atoms with Gasteiger partial charge < -0.3 is 14.6 Å². The van der Waals surface area contributed by atoms with E-state index in [1.165, 1.54) is 53.8 Å². The number of hydrogen-bond donors (Lipinski definition) is 1. The third kappa shape index (κ3) is 2.01. The van der Waals surface area contributed by atoms with E-state index < -0.39 is 5.97 Å². The smallest absolute Gasteiger partial charge is 0.303 e. The SMILES string of the molecule is Cn1c2c(c3cc(CCCC(=O)O)ccc31)C1CCN2CC1. The molecule has 0 aliphatic carbocycles. The summed E-state index contributed by atoms with van der Waals surface area (Å²) in [5.41, 5.74) is 4.11. The standard InChI is InChI=1S/C18H22N2O2/c1-19-15-6-5-12(3-2-4-16(21)22)11-14(15)17-13-7-9-20(10-8-13)18(17)19/h5-6,11,13H,2-4,7-10H2,1H3,(H,21,22). The van der Waals surface area contributed by atoms with Gasteiger partial charge in [-0.1, -0.05) is 6.07 Å². The Bertz CT molecular complexity index is 739. The Kier molecular flexibility index (Phi) is 3.13. The number of anilines is 1. The molecule has 2 bridgehead atoms. The van der Waals surface area contributed by atoms with Gasteiger partial charge in [-0.05, 0) is 49.3 Å². The molecule has 0 amide bonds. The molecule has 0 radical (unpaired) electrons. The molecule has 1 aromatic heterocycles. The molecule has 4 heteroatoms. The van der Waals surface area contributed by atoms with Crippen LogP contribution in [0.3, 0.4) is 0 Å². The molecule has 2 aromatic rings. The molecule has 4 heterocycles. The van der Waals surface area contributed by atoms with Crippen LogP contribution in [0.5, 0.6) is 0 Å². The Morgan fingerprint density at radius 3 is 2.82 bits per heavy atom. The minimum atomic E-state index is -0.705. The molecule has 5 rings (SSSR count). The average Bonchev–Trinajstić information content (AvgIpc) is 2.83. The van der Waals surface area contributed by atoms with Crippen LogP contribution in [0.1, 0.15) is 42.7 Å². The number of benzene rings is 1. The third-order valence-electron chi connectivity index (χ3n) is 5.33. The van der Waals surface area contributed by atoms with Crippen LogP contribution in [0, 0.1) is 0 Å². The van der Waals surface area contributed by atoms with E-state index in [2.05, 4.69) is 34.7 Å². The van der Waals surface area contributed by atoms with Crippen LogP contribution >= 0.6 is 0 Å². The van der Waals surface area contributed by atoms with E-state index >= 15 is 0 Å². The zero-order valence-electron chi connectivity index (χ0n) is 13.0. The number of nitrogens with zero attached hydrogens (tertiary/aromatic N) is 2. The molecule has 1 saturated heterocycles. The number of piperidine rings is 1. The molecule has 0 spiro atoms. The maximum Gasteiger partial charge on any atom is 0.303 e. The summed E-state index contributed by atoms with van der Waals surface area (Å²) < 4.78 is 2.34. The van der Waals surface area contributed by atoms with Crippen LogP contribution < -0.4 is 4.90 Å². The van der Waals surface area contributed by atoms with Crippen molar-refractivity contribution in [1.29, 1.82) is 0 Å². The first-order valence-corrected chi connectivity index (χ1v) is 8.23. The number of rotatable bonds is 4. The Morgan fingerprint density at radius 2 is 2.09 bits per heavy atom. The topological polar surface area (TPSA) is 45.5 Å². The molecule has 1 fully saturated rings. The number of hydrogen-bond acceptors (Lipinski definition) is 2. The fraction of sp³-hybridized carbons (Fsp3) is 0.500. The zero-order chi connectivity index (χ0) is 15.3. The van der Waals surface area contributed by atoms with Crippen molar-refractivity contribution < 1.29 is 9.90 Å². The van der Waals surface area contributed by atoms with E-state index in [0.29, 0.717) is 12.3 Å². The highest BCUT2D eigenvalue weighted by Gasteiger charge is 2.35. The Labute approximate surface area is 130 Å². The average molecular weight is 298 g/mol. The van der Waals surface area contributed by atoms with Crippen molar-refractivity contribution in [1.82, 2.24) is 4.57 Å². The second-order valence-electron chi connectivity index (χ2n) is 6.66. The monoisotopic (exact) mass is 298 g/mol. The summed E-state index contributed by atoms with van der Waals surface area (Å²) >= 11 is 0. The lowest BCUT2D eigenvalue weighted by Gasteiger charge is -2.41. The summed E-state index contributed by atoms with van der Waals surface area (Å²) in [5, 5.41) is 10.2. The maximum absolute atomic E-state index is 10.7. The predicted molar refractivity (Wildman–Crippen MR) is 87.7 cm³/mol. The second kappa shape index (κ2) is 5.04. The first-order valence-electron chi connectivity index (χ1n) is 8.23. The van der Waals surface area contributed by atoms with Crippen LogP contribution in [0.2, 0.25) is 0 Å². The first kappa shape index (κ1) is 13.7. The molecular formula is C18H22N2O2. The first-order chi connectivity index (χ1) is 10.6. The molecule has 22 heavy (non-hydrogen) atoms. The van der Waals surface area contributed by atoms with Crippen LogP contribution in [-0.4, -0.2) is 28.7 Å². The van der Waals surface area contributed by atoms with E-state index in [-0.39, 0.29) is 6.42 Å². The maximum atomic E-state index is 10.7. The Balaban J connectivity index is 1.74. The number of aliphatic carboxylic acids is 1. The third-order valence-corrected chi connectivity index (χ3v) is 5.33. The molecule has 3 aliphatic rings. The van der Waals surface area contributed by atoms with Crippen LogP contribution in [0.25, 0.3) is 10.9 Å². The van der Waals surface area contributed by atoms with Gasteiger partial charge in [0.1, 0.15) is 5.82 Å². The summed E-state index contributed by atoms with van der Waals surface area (Å²) in [6.07, 6.45) is 4.36. The van der Waals surface area contributed by atoms with Gasteiger partial charge in [-0.3, -0.25) is 4.79 Å². The molecule has 0 atom stereocenters. The molecule has 4 nitrogen and oxygen atoms in total. The molecule has 0 saturated carbocycles. The highest BCUT2D eigenvalue weighted by Crippen LogP contribution is 2.47. The van der Waals surface area contributed by atoms with E-state index in [9.17, 15) is 4.79 Å². The van der Waals surface area contributed by atoms with Crippen molar-refractivity contribution in [3.05, 3.63) is 29.3 Å². The van der Waals surface area contributed by atoms with Gasteiger partial charge in [0.15, 0.2) is 0 Å². The Morgan fingerprint density at radius 1 is 1.32 bits per heavy atom. The van der Waals surface area contributed by atoms with Gasteiger partial charge in [0.2, 0.25) is 0 Å². The van der Waals surface area contributed by atoms with Gasteiger partial charge in [-0.2, -0.15) is 0 Å². The molecule has 1 N–H and O–H groups in total. The van der Waals surface area contributed by atoms with Crippen LogP contribution in [0.15, 0.2) is 18.2 Å². The normalized spacial score (nSPS) is 17.2. The minimum absolute atomic E-state index is 0.251. The van der Waals surface area contributed by atoms with Crippen molar-refractivity contribution in [2.45, 2.75) is 38.0 Å². The molecule has 116 valence electrons. The van der Waals surface area contributed by atoms with Crippen molar-refractivity contribution in [2.75, 3.05) is 18.0 Å². The number of carboxylic acid groups (broad SMARTS) is 1. The van der Waals surface area contributed by atoms with Gasteiger partial charge in [-0.25, -0.2) is 0 Å². The second-order valence-corrected chi connectivity index (χ2v) is 6.66. The molecule has 3 aliphatic heterocycles.